The minimum absolute atomic E-state index is 0.0553. The Kier molecular flexibility index (Phi) is 5.48. The molecule has 1 saturated heterocycles. The number of ether oxygens (including phenoxy) is 1. The van der Waals surface area contributed by atoms with Crippen LogP contribution in [0.15, 0.2) is 24.3 Å². The molecule has 0 bridgehead atoms. The van der Waals surface area contributed by atoms with Crippen LogP contribution in [0, 0.1) is 19.7 Å². The van der Waals surface area contributed by atoms with Crippen molar-refractivity contribution in [1.29, 1.82) is 0 Å². The fourth-order valence-electron chi connectivity index (χ4n) is 3.38. The van der Waals surface area contributed by atoms with Crippen LogP contribution >= 0.6 is 0 Å². The second-order valence-electron chi connectivity index (χ2n) is 6.80. The first kappa shape index (κ1) is 18.9. The van der Waals surface area contributed by atoms with Crippen molar-refractivity contribution < 1.29 is 18.7 Å². The number of carbonyl (C=O) groups is 2. The molecule has 6 nitrogen and oxygen atoms in total. The van der Waals surface area contributed by atoms with Crippen molar-refractivity contribution in [1.82, 2.24) is 14.8 Å². The van der Waals surface area contributed by atoms with Gasteiger partial charge in [0, 0.05) is 43.1 Å². The highest BCUT2D eigenvalue weighted by Crippen LogP contribution is 2.19. The molecule has 1 fully saturated rings. The molecule has 144 valence electrons. The Morgan fingerprint density at radius 2 is 1.78 bits per heavy atom. The molecule has 0 spiro atoms. The van der Waals surface area contributed by atoms with Crippen molar-refractivity contribution in [3.8, 4) is 5.75 Å². The molecule has 2 heterocycles. The number of hydrogen-bond acceptors (Lipinski definition) is 3. The van der Waals surface area contributed by atoms with E-state index >= 15 is 0 Å². The number of halogens is 1. The van der Waals surface area contributed by atoms with E-state index in [0.717, 1.165) is 17.0 Å². The largest absolute Gasteiger partial charge is 0.494 e. The second-order valence-corrected chi connectivity index (χ2v) is 6.80. The van der Waals surface area contributed by atoms with Crippen molar-refractivity contribution in [2.45, 2.75) is 20.3 Å². The van der Waals surface area contributed by atoms with Gasteiger partial charge in [-0.2, -0.15) is 0 Å². The van der Waals surface area contributed by atoms with Gasteiger partial charge in [-0.1, -0.05) is 0 Å². The fraction of sp³-hybridized carbons (Fsp3) is 0.400. The molecule has 2 aromatic rings. The third kappa shape index (κ3) is 4.13. The van der Waals surface area contributed by atoms with Gasteiger partial charge in [0.2, 0.25) is 5.91 Å². The maximum Gasteiger partial charge on any atom is 0.254 e. The predicted octanol–water partition coefficient (Wildman–Crippen LogP) is 2.31. The van der Waals surface area contributed by atoms with E-state index in [9.17, 15) is 14.0 Å². The van der Waals surface area contributed by atoms with E-state index < -0.39 is 5.82 Å². The van der Waals surface area contributed by atoms with Crippen molar-refractivity contribution in [2.75, 3.05) is 33.3 Å². The monoisotopic (exact) mass is 373 g/mol. The molecule has 1 N–H and O–H groups in total. The number of aromatic nitrogens is 1. The van der Waals surface area contributed by atoms with Crippen LogP contribution in [0.1, 0.15) is 27.3 Å². The summed E-state index contributed by atoms with van der Waals surface area (Å²) in [6.45, 7) is 5.75. The Labute approximate surface area is 157 Å². The summed E-state index contributed by atoms with van der Waals surface area (Å²) in [6, 6.07) is 6.18. The van der Waals surface area contributed by atoms with Crippen molar-refractivity contribution in [2.24, 2.45) is 0 Å². The first-order valence-corrected chi connectivity index (χ1v) is 8.94. The Bertz CT molecular complexity index is 854. The van der Waals surface area contributed by atoms with Gasteiger partial charge in [0.1, 0.15) is 0 Å². The summed E-state index contributed by atoms with van der Waals surface area (Å²) in [7, 11) is 1.38. The number of hydrogen-bond donors (Lipinski definition) is 1. The predicted molar refractivity (Wildman–Crippen MR) is 99.4 cm³/mol. The molecule has 27 heavy (non-hydrogen) atoms. The van der Waals surface area contributed by atoms with Gasteiger partial charge in [-0.25, -0.2) is 4.39 Å². The highest BCUT2D eigenvalue weighted by Gasteiger charge is 2.25. The minimum atomic E-state index is -0.561. The van der Waals surface area contributed by atoms with Crippen LogP contribution in [0.25, 0.3) is 0 Å². The molecular weight excluding hydrogens is 349 g/mol. The third-order valence-electron chi connectivity index (χ3n) is 4.92. The highest BCUT2D eigenvalue weighted by molar-refractivity contribution is 5.94. The summed E-state index contributed by atoms with van der Waals surface area (Å²) in [4.78, 5) is 31.7. The summed E-state index contributed by atoms with van der Waals surface area (Å²) in [6.07, 6.45) is 0.355. The number of piperazine rings is 1. The number of nitrogens with zero attached hydrogens (tertiary/aromatic N) is 2. The van der Waals surface area contributed by atoms with Crippen LogP contribution in [0.5, 0.6) is 5.75 Å². The SMILES string of the molecule is COc1ccc(C(=O)N2CCN(C(=O)Cc3cc(C)[nH]c3C)CC2)cc1F. The Balaban J connectivity index is 1.58. The number of aromatic amines is 1. The average molecular weight is 373 g/mol. The number of nitrogens with one attached hydrogen (secondary N) is 1. The smallest absolute Gasteiger partial charge is 0.254 e. The molecule has 0 aliphatic carbocycles. The number of benzene rings is 1. The van der Waals surface area contributed by atoms with Crippen LogP contribution < -0.4 is 4.74 Å². The van der Waals surface area contributed by atoms with Crippen LogP contribution in [-0.4, -0.2) is 59.9 Å². The standard InChI is InChI=1S/C20H24FN3O3/c1-13-10-16(14(2)22-13)12-19(25)23-6-8-24(9-7-23)20(26)15-4-5-18(27-3)17(21)11-15/h4-5,10-11,22H,6-9,12H2,1-3H3. The number of carbonyl (C=O) groups excluding carboxylic acids is 2. The number of H-pyrrole nitrogens is 1. The molecule has 0 saturated carbocycles. The van der Waals surface area contributed by atoms with Crippen LogP contribution in [0.2, 0.25) is 0 Å². The number of rotatable bonds is 4. The first-order chi connectivity index (χ1) is 12.9. The van der Waals surface area contributed by atoms with E-state index in [0.29, 0.717) is 32.6 Å². The lowest BCUT2D eigenvalue weighted by atomic mass is 10.1. The number of methoxy groups -OCH3 is 1. The average Bonchev–Trinajstić information content (AvgIpc) is 2.98. The lowest BCUT2D eigenvalue weighted by Gasteiger charge is -2.35. The molecule has 2 amide bonds. The summed E-state index contributed by atoms with van der Waals surface area (Å²) < 4.78 is 18.7. The normalized spacial score (nSPS) is 14.4. The molecule has 0 unspecified atom stereocenters. The second kappa shape index (κ2) is 7.82. The molecule has 1 aliphatic rings. The Morgan fingerprint density at radius 3 is 2.33 bits per heavy atom. The van der Waals surface area contributed by atoms with E-state index in [1.54, 1.807) is 15.9 Å². The van der Waals surface area contributed by atoms with Crippen molar-refractivity contribution >= 4 is 11.8 Å². The molecule has 1 aliphatic heterocycles. The van der Waals surface area contributed by atoms with E-state index in [1.807, 2.05) is 19.9 Å². The topological polar surface area (TPSA) is 65.6 Å². The lowest BCUT2D eigenvalue weighted by Crippen LogP contribution is -2.51. The van der Waals surface area contributed by atoms with Crippen molar-refractivity contribution in [3.63, 3.8) is 0 Å². The summed E-state index contributed by atoms with van der Waals surface area (Å²) in [5, 5.41) is 0. The minimum Gasteiger partial charge on any atom is -0.494 e. The van der Waals surface area contributed by atoms with Gasteiger partial charge in [-0.15, -0.1) is 0 Å². The zero-order valence-electron chi connectivity index (χ0n) is 15.8. The van der Waals surface area contributed by atoms with E-state index in [4.69, 9.17) is 4.74 Å². The quantitative estimate of drug-likeness (QED) is 0.894. The van der Waals surface area contributed by atoms with Crippen LogP contribution in [-0.2, 0) is 11.2 Å². The molecule has 0 atom stereocenters. The van der Waals surface area contributed by atoms with Crippen molar-refractivity contribution in [3.05, 3.63) is 52.6 Å². The van der Waals surface area contributed by atoms with Gasteiger partial charge < -0.3 is 19.5 Å². The molecule has 1 aromatic carbocycles. The van der Waals surface area contributed by atoms with Gasteiger partial charge in [0.25, 0.3) is 5.91 Å². The fourth-order valence-corrected chi connectivity index (χ4v) is 3.38. The molecular formula is C20H24FN3O3. The maximum atomic E-state index is 13.8. The molecule has 7 heteroatoms. The summed E-state index contributed by atoms with van der Waals surface area (Å²) in [5.74, 6) is -0.632. The van der Waals surface area contributed by atoms with Gasteiger partial charge in [0.15, 0.2) is 11.6 Å². The maximum absolute atomic E-state index is 13.8. The van der Waals surface area contributed by atoms with Gasteiger partial charge in [-0.3, -0.25) is 9.59 Å². The molecule has 3 rings (SSSR count). The lowest BCUT2D eigenvalue weighted by molar-refractivity contribution is -0.131. The van der Waals surface area contributed by atoms with E-state index in [2.05, 4.69) is 4.98 Å². The van der Waals surface area contributed by atoms with Gasteiger partial charge >= 0.3 is 0 Å². The Morgan fingerprint density at radius 1 is 1.11 bits per heavy atom. The van der Waals surface area contributed by atoms with Crippen LogP contribution in [0.3, 0.4) is 0 Å². The molecule has 1 aromatic heterocycles. The third-order valence-corrected chi connectivity index (χ3v) is 4.92. The first-order valence-electron chi connectivity index (χ1n) is 8.94. The highest BCUT2D eigenvalue weighted by atomic mass is 19.1. The van der Waals surface area contributed by atoms with Gasteiger partial charge in [-0.05, 0) is 43.7 Å². The summed E-state index contributed by atoms with van der Waals surface area (Å²) in [5.41, 5.74) is 3.34. The van der Waals surface area contributed by atoms with E-state index in [-0.39, 0.29) is 23.1 Å². The Hall–Kier alpha value is -2.83. The zero-order valence-corrected chi connectivity index (χ0v) is 15.8. The number of aryl methyl sites for hydroxylation is 2. The zero-order chi connectivity index (χ0) is 19.6. The van der Waals surface area contributed by atoms with E-state index in [1.165, 1.54) is 19.2 Å². The molecule has 0 radical (unpaired) electrons. The van der Waals surface area contributed by atoms with Crippen LogP contribution in [0.4, 0.5) is 4.39 Å². The summed E-state index contributed by atoms with van der Waals surface area (Å²) >= 11 is 0. The number of amides is 2. The van der Waals surface area contributed by atoms with Gasteiger partial charge in [0.05, 0.1) is 13.5 Å².